The molecular weight excluding hydrogens is 800 g/mol. The second-order valence-corrected chi connectivity index (χ2v) is 16.4. The summed E-state index contributed by atoms with van der Waals surface area (Å²) >= 11 is 6.85. The van der Waals surface area contributed by atoms with Crippen molar-refractivity contribution in [3.05, 3.63) is 208 Å². The van der Waals surface area contributed by atoms with Gasteiger partial charge in [0.05, 0.1) is 46.2 Å². The average Bonchev–Trinajstić information content (AvgIpc) is 3.62. The summed E-state index contributed by atoms with van der Waals surface area (Å²) in [6.07, 6.45) is -2.69. The lowest BCUT2D eigenvalue weighted by molar-refractivity contribution is -0.244. The predicted molar refractivity (Wildman–Crippen MR) is 241 cm³/mol. The van der Waals surface area contributed by atoms with Crippen LogP contribution in [0.4, 0.5) is 0 Å². The monoisotopic (exact) mass is 854 g/mol. The van der Waals surface area contributed by atoms with E-state index in [0.717, 1.165) is 39.1 Å². The molecule has 1 heterocycles. The predicted octanol–water partition coefficient (Wildman–Crippen LogP) is 11.0. The molecular formula is C53H55ClO8. The van der Waals surface area contributed by atoms with E-state index in [1.807, 2.05) is 172 Å². The molecule has 4 atom stereocenters. The first-order valence-corrected chi connectivity index (χ1v) is 21.5. The molecule has 1 aliphatic heterocycles. The van der Waals surface area contributed by atoms with Crippen LogP contribution in [0.25, 0.3) is 0 Å². The van der Waals surface area contributed by atoms with Crippen LogP contribution in [0.2, 0.25) is 5.02 Å². The number of rotatable bonds is 22. The molecule has 7 rings (SSSR count). The molecule has 0 radical (unpaired) electrons. The molecule has 6 aromatic rings. The Morgan fingerprint density at radius 2 is 1.18 bits per heavy atom. The lowest BCUT2D eigenvalue weighted by atomic mass is 9.87. The Bertz CT molecular complexity index is 2270. The number of hydrogen-bond donors (Lipinski definition) is 0. The molecule has 1 unspecified atom stereocenters. The Morgan fingerprint density at radius 3 is 1.71 bits per heavy atom. The lowest BCUT2D eigenvalue weighted by Gasteiger charge is -2.42. The van der Waals surface area contributed by atoms with Crippen molar-refractivity contribution in [3.63, 3.8) is 0 Å². The first-order chi connectivity index (χ1) is 30.2. The van der Waals surface area contributed by atoms with Crippen molar-refractivity contribution in [2.24, 2.45) is 0 Å². The van der Waals surface area contributed by atoms with Gasteiger partial charge in [0.1, 0.15) is 29.7 Å². The fourth-order valence-electron chi connectivity index (χ4n) is 7.66. The number of Topliss-reactive ketones (excluding diaryl/α,β-unsaturated/α-hetero) is 1. The Labute approximate surface area is 370 Å². The first kappa shape index (κ1) is 44.9. The average molecular weight is 855 g/mol. The number of benzene rings is 6. The van der Waals surface area contributed by atoms with Gasteiger partial charge in [0.15, 0.2) is 11.6 Å². The molecule has 0 saturated carbocycles. The number of halogens is 1. The Hall–Kier alpha value is -5.16. The van der Waals surface area contributed by atoms with Gasteiger partial charge in [-0.15, -0.1) is 0 Å². The molecule has 0 spiro atoms. The maximum Gasteiger partial charge on any atom is 0.194 e. The van der Waals surface area contributed by atoms with Crippen LogP contribution in [0, 0.1) is 0 Å². The van der Waals surface area contributed by atoms with Gasteiger partial charge in [0.25, 0.3) is 0 Å². The SMILES string of the molecule is CCOc1ccc(Cc2cc(C(=O)[C@H](OCc3ccccc3)[C@@H](OCc3ccccc3)[C@H](OCc3ccccc3)C3(COCc4ccccc4)COC(C)(C)O3)ccc2Cl)cc1. The molecule has 0 N–H and O–H groups in total. The van der Waals surface area contributed by atoms with Crippen molar-refractivity contribution in [2.45, 2.75) is 83.3 Å². The molecule has 8 nitrogen and oxygen atoms in total. The Kier molecular flexibility index (Phi) is 15.8. The second-order valence-electron chi connectivity index (χ2n) is 16.0. The normalized spacial score (nSPS) is 17.3. The summed E-state index contributed by atoms with van der Waals surface area (Å²) in [7, 11) is 0. The van der Waals surface area contributed by atoms with Gasteiger partial charge in [-0.05, 0) is 90.9 Å². The Morgan fingerprint density at radius 1 is 0.645 bits per heavy atom. The third-order valence-corrected chi connectivity index (χ3v) is 11.1. The van der Waals surface area contributed by atoms with Gasteiger partial charge < -0.3 is 33.2 Å². The van der Waals surface area contributed by atoms with E-state index in [1.54, 1.807) is 12.1 Å². The zero-order valence-electron chi connectivity index (χ0n) is 35.6. The van der Waals surface area contributed by atoms with E-state index >= 15 is 4.79 Å². The van der Waals surface area contributed by atoms with Gasteiger partial charge >= 0.3 is 0 Å². The minimum atomic E-state index is -1.25. The summed E-state index contributed by atoms with van der Waals surface area (Å²) in [5.41, 5.74) is 4.73. The van der Waals surface area contributed by atoms with Crippen LogP contribution in [0.1, 0.15) is 64.5 Å². The smallest absolute Gasteiger partial charge is 0.194 e. The molecule has 322 valence electrons. The van der Waals surface area contributed by atoms with Crippen molar-refractivity contribution >= 4 is 17.4 Å². The van der Waals surface area contributed by atoms with Gasteiger partial charge in [-0.25, -0.2) is 0 Å². The minimum Gasteiger partial charge on any atom is -0.494 e. The molecule has 0 bridgehead atoms. The van der Waals surface area contributed by atoms with Gasteiger partial charge in [0.2, 0.25) is 0 Å². The van der Waals surface area contributed by atoms with Crippen LogP contribution in [0.15, 0.2) is 164 Å². The third-order valence-electron chi connectivity index (χ3n) is 10.7. The van der Waals surface area contributed by atoms with E-state index < -0.39 is 29.7 Å². The molecule has 0 aromatic heterocycles. The maximum absolute atomic E-state index is 15.5. The van der Waals surface area contributed by atoms with E-state index in [0.29, 0.717) is 30.2 Å². The van der Waals surface area contributed by atoms with Crippen molar-refractivity contribution in [1.82, 2.24) is 0 Å². The highest BCUT2D eigenvalue weighted by molar-refractivity contribution is 6.31. The van der Waals surface area contributed by atoms with Crippen molar-refractivity contribution < 1.29 is 38.0 Å². The van der Waals surface area contributed by atoms with Gasteiger partial charge in [-0.1, -0.05) is 145 Å². The molecule has 9 heteroatoms. The largest absolute Gasteiger partial charge is 0.494 e. The number of hydrogen-bond acceptors (Lipinski definition) is 8. The van der Waals surface area contributed by atoms with Crippen LogP contribution in [-0.4, -0.2) is 55.3 Å². The van der Waals surface area contributed by atoms with E-state index in [9.17, 15) is 0 Å². The number of ketones is 1. The van der Waals surface area contributed by atoms with Gasteiger partial charge in [0, 0.05) is 10.6 Å². The molecule has 1 fully saturated rings. The van der Waals surface area contributed by atoms with Crippen LogP contribution in [0.3, 0.4) is 0 Å². The Balaban J connectivity index is 1.31. The van der Waals surface area contributed by atoms with Gasteiger partial charge in [-0.3, -0.25) is 4.79 Å². The van der Waals surface area contributed by atoms with E-state index in [1.165, 1.54) is 0 Å². The van der Waals surface area contributed by atoms with Crippen LogP contribution >= 0.6 is 11.6 Å². The number of ether oxygens (including phenoxy) is 7. The molecule has 62 heavy (non-hydrogen) atoms. The highest BCUT2D eigenvalue weighted by Crippen LogP contribution is 2.40. The highest BCUT2D eigenvalue weighted by Gasteiger charge is 2.57. The highest BCUT2D eigenvalue weighted by atomic mass is 35.5. The third kappa shape index (κ3) is 12.3. The van der Waals surface area contributed by atoms with E-state index in [4.69, 9.17) is 44.8 Å². The van der Waals surface area contributed by atoms with Crippen LogP contribution < -0.4 is 4.74 Å². The molecule has 1 aliphatic rings. The minimum absolute atomic E-state index is 0.0722. The molecule has 6 aromatic carbocycles. The zero-order valence-corrected chi connectivity index (χ0v) is 36.4. The van der Waals surface area contributed by atoms with Crippen molar-refractivity contribution in [3.8, 4) is 5.75 Å². The fraction of sp³-hybridized carbons (Fsp3) is 0.302. The standard InChI is InChI=1S/C53H55ClO8/c1-4-57-46-28-25-39(26-29-46)31-45-32-44(27-30-47(45)54)48(55)49(58-34-41-19-11-6-12-20-41)50(59-35-42-21-13-7-14-22-42)51(60-36-43-23-15-8-16-24-43)53(38-61-52(2,3)62-53)37-56-33-40-17-9-5-10-18-40/h5-30,32,49-51H,4,31,33-38H2,1-3H3/t49-,50+,51-,53?/m0/s1. The summed E-state index contributed by atoms with van der Waals surface area (Å²) in [5, 5.41) is 0.548. The number of carbonyl (C=O) groups is 1. The summed E-state index contributed by atoms with van der Waals surface area (Å²) in [4.78, 5) is 15.5. The molecule has 0 amide bonds. The van der Waals surface area contributed by atoms with Gasteiger partial charge in [-0.2, -0.15) is 0 Å². The summed E-state index contributed by atoms with van der Waals surface area (Å²) in [5.74, 6) is -0.515. The first-order valence-electron chi connectivity index (χ1n) is 21.2. The quantitative estimate of drug-likeness (QED) is 0.0625. The summed E-state index contributed by atoms with van der Waals surface area (Å²) in [6.45, 7) is 7.24. The fourth-order valence-corrected chi connectivity index (χ4v) is 7.84. The zero-order chi connectivity index (χ0) is 43.2. The van der Waals surface area contributed by atoms with Crippen molar-refractivity contribution in [2.75, 3.05) is 19.8 Å². The van der Waals surface area contributed by atoms with Crippen LogP contribution in [-0.2, 0) is 61.3 Å². The summed E-state index contributed by atoms with van der Waals surface area (Å²) < 4.78 is 46.4. The topological polar surface area (TPSA) is 81.7 Å². The lowest BCUT2D eigenvalue weighted by Crippen LogP contribution is -2.61. The van der Waals surface area contributed by atoms with Crippen molar-refractivity contribution in [1.29, 1.82) is 0 Å². The van der Waals surface area contributed by atoms with Crippen LogP contribution in [0.5, 0.6) is 5.75 Å². The van der Waals surface area contributed by atoms with E-state index in [2.05, 4.69) is 0 Å². The van der Waals surface area contributed by atoms with E-state index in [-0.39, 0.29) is 38.8 Å². The number of carbonyl (C=O) groups excluding carboxylic acids is 1. The molecule has 1 saturated heterocycles. The molecule has 0 aliphatic carbocycles. The maximum atomic E-state index is 15.5. The summed E-state index contributed by atoms with van der Waals surface area (Å²) in [6, 6.07) is 52.7. The second kappa shape index (κ2) is 21.8.